The zero-order chi connectivity index (χ0) is 13.3. The molecule has 2 rings (SSSR count). The maximum atomic E-state index is 5.57. The first-order valence-electron chi connectivity index (χ1n) is 6.84. The number of ether oxygens (including phenoxy) is 1. The van der Waals surface area contributed by atoms with E-state index in [0.29, 0.717) is 6.10 Å². The van der Waals surface area contributed by atoms with Gasteiger partial charge in [-0.1, -0.05) is 6.07 Å². The van der Waals surface area contributed by atoms with Gasteiger partial charge in [0.2, 0.25) is 0 Å². The van der Waals surface area contributed by atoms with Crippen LogP contribution in [0.1, 0.15) is 18.5 Å². The molecule has 1 atom stereocenters. The summed E-state index contributed by atoms with van der Waals surface area (Å²) in [4.78, 5) is 8.49. The number of pyridine rings is 1. The average Bonchev–Trinajstić information content (AvgIpc) is 2.97. The summed E-state index contributed by atoms with van der Waals surface area (Å²) in [5, 5.41) is 6.58. The molecule has 0 aliphatic carbocycles. The molecule has 0 bridgehead atoms. The quantitative estimate of drug-likeness (QED) is 0.613. The first kappa shape index (κ1) is 13.8. The highest BCUT2D eigenvalue weighted by atomic mass is 16.5. The van der Waals surface area contributed by atoms with E-state index in [1.54, 1.807) is 7.05 Å². The van der Waals surface area contributed by atoms with Crippen molar-refractivity contribution in [3.8, 4) is 0 Å². The molecule has 5 heteroatoms. The van der Waals surface area contributed by atoms with Crippen LogP contribution in [0.2, 0.25) is 0 Å². The third kappa shape index (κ3) is 4.87. The summed E-state index contributed by atoms with van der Waals surface area (Å²) in [7, 11) is 1.78. The smallest absolute Gasteiger partial charge is 0.191 e. The highest BCUT2D eigenvalue weighted by molar-refractivity contribution is 5.79. The van der Waals surface area contributed by atoms with Crippen molar-refractivity contribution in [3.05, 3.63) is 30.1 Å². The summed E-state index contributed by atoms with van der Waals surface area (Å²) in [6.45, 7) is 2.53. The maximum absolute atomic E-state index is 5.57. The second-order valence-electron chi connectivity index (χ2n) is 4.59. The van der Waals surface area contributed by atoms with Gasteiger partial charge in [0.05, 0.1) is 6.10 Å². The topological polar surface area (TPSA) is 58.5 Å². The van der Waals surface area contributed by atoms with E-state index in [2.05, 4.69) is 20.6 Å². The van der Waals surface area contributed by atoms with Crippen molar-refractivity contribution in [3.63, 3.8) is 0 Å². The van der Waals surface area contributed by atoms with Crippen LogP contribution >= 0.6 is 0 Å². The number of hydrogen-bond acceptors (Lipinski definition) is 3. The van der Waals surface area contributed by atoms with Gasteiger partial charge in [0.15, 0.2) is 5.96 Å². The van der Waals surface area contributed by atoms with E-state index < -0.39 is 0 Å². The van der Waals surface area contributed by atoms with E-state index in [1.165, 1.54) is 0 Å². The fraction of sp³-hybridized carbons (Fsp3) is 0.571. The number of rotatable bonds is 5. The predicted octanol–water partition coefficient (Wildman–Crippen LogP) is 0.968. The molecule has 1 aromatic heterocycles. The largest absolute Gasteiger partial charge is 0.376 e. The molecule has 0 spiro atoms. The van der Waals surface area contributed by atoms with Crippen molar-refractivity contribution in [1.82, 2.24) is 15.6 Å². The van der Waals surface area contributed by atoms with Gasteiger partial charge in [-0.05, 0) is 25.0 Å². The van der Waals surface area contributed by atoms with Crippen LogP contribution in [0.5, 0.6) is 0 Å². The summed E-state index contributed by atoms with van der Waals surface area (Å²) in [5.74, 6) is 0.825. The van der Waals surface area contributed by atoms with Gasteiger partial charge in [0.1, 0.15) is 0 Å². The lowest BCUT2D eigenvalue weighted by Crippen LogP contribution is -2.41. The van der Waals surface area contributed by atoms with Crippen LogP contribution < -0.4 is 10.6 Å². The number of aromatic nitrogens is 1. The van der Waals surface area contributed by atoms with Crippen molar-refractivity contribution in [1.29, 1.82) is 0 Å². The van der Waals surface area contributed by atoms with Gasteiger partial charge in [-0.3, -0.25) is 9.98 Å². The molecular formula is C14H22N4O. The molecule has 2 heterocycles. The molecule has 2 N–H and O–H groups in total. The fourth-order valence-corrected chi connectivity index (χ4v) is 2.09. The number of nitrogens with zero attached hydrogens (tertiary/aromatic N) is 2. The highest BCUT2D eigenvalue weighted by Crippen LogP contribution is 2.10. The Labute approximate surface area is 114 Å². The monoisotopic (exact) mass is 262 g/mol. The van der Waals surface area contributed by atoms with E-state index in [9.17, 15) is 0 Å². The molecular weight excluding hydrogens is 240 g/mol. The molecule has 1 aliphatic rings. The van der Waals surface area contributed by atoms with Crippen LogP contribution in [-0.2, 0) is 11.2 Å². The van der Waals surface area contributed by atoms with Crippen LogP contribution in [-0.4, -0.2) is 43.8 Å². The van der Waals surface area contributed by atoms with Crippen LogP contribution in [0, 0.1) is 0 Å². The standard InChI is InChI=1S/C14H22N4O/c1-15-14(18-11-13-6-4-10-19-13)17-9-7-12-5-2-3-8-16-12/h2-3,5,8,13H,4,6-7,9-11H2,1H3,(H2,15,17,18)/t13-/m1/s1. The summed E-state index contributed by atoms with van der Waals surface area (Å²) in [5.41, 5.74) is 1.09. The SMILES string of the molecule is CN=C(NCCc1ccccn1)NC[C@H]1CCCO1. The summed E-state index contributed by atoms with van der Waals surface area (Å²) < 4.78 is 5.57. The average molecular weight is 262 g/mol. The zero-order valence-corrected chi connectivity index (χ0v) is 11.4. The molecule has 104 valence electrons. The van der Waals surface area contributed by atoms with Gasteiger partial charge < -0.3 is 15.4 Å². The third-order valence-electron chi connectivity index (χ3n) is 3.14. The van der Waals surface area contributed by atoms with E-state index in [-0.39, 0.29) is 0 Å². The number of guanidine groups is 1. The van der Waals surface area contributed by atoms with Gasteiger partial charge in [-0.25, -0.2) is 0 Å². The normalized spacial score (nSPS) is 19.4. The van der Waals surface area contributed by atoms with Crippen LogP contribution in [0.15, 0.2) is 29.4 Å². The Morgan fingerprint density at radius 2 is 2.42 bits per heavy atom. The van der Waals surface area contributed by atoms with Gasteiger partial charge in [0.25, 0.3) is 0 Å². The van der Waals surface area contributed by atoms with Gasteiger partial charge >= 0.3 is 0 Å². The number of hydrogen-bond donors (Lipinski definition) is 2. The van der Waals surface area contributed by atoms with Gasteiger partial charge in [0, 0.05) is 45.1 Å². The zero-order valence-electron chi connectivity index (χ0n) is 11.4. The van der Waals surface area contributed by atoms with Crippen molar-refractivity contribution in [2.24, 2.45) is 4.99 Å². The summed E-state index contributed by atoms with van der Waals surface area (Å²) >= 11 is 0. The Bertz CT molecular complexity index is 388. The lowest BCUT2D eigenvalue weighted by Gasteiger charge is -2.14. The van der Waals surface area contributed by atoms with Crippen molar-refractivity contribution in [2.45, 2.75) is 25.4 Å². The Kier molecular flexibility index (Phi) is 5.62. The molecule has 0 unspecified atom stereocenters. The van der Waals surface area contributed by atoms with Crippen molar-refractivity contribution < 1.29 is 4.74 Å². The molecule has 0 saturated carbocycles. The second-order valence-corrected chi connectivity index (χ2v) is 4.59. The lowest BCUT2D eigenvalue weighted by atomic mass is 10.2. The summed E-state index contributed by atoms with van der Waals surface area (Å²) in [6, 6.07) is 5.97. The fourth-order valence-electron chi connectivity index (χ4n) is 2.09. The second kappa shape index (κ2) is 7.74. The summed E-state index contributed by atoms with van der Waals surface area (Å²) in [6.07, 6.45) is 5.34. The minimum Gasteiger partial charge on any atom is -0.376 e. The van der Waals surface area contributed by atoms with Crippen LogP contribution in [0.4, 0.5) is 0 Å². The minimum atomic E-state index is 0.328. The van der Waals surface area contributed by atoms with Gasteiger partial charge in [-0.2, -0.15) is 0 Å². The van der Waals surface area contributed by atoms with E-state index >= 15 is 0 Å². The Morgan fingerprint density at radius 3 is 3.11 bits per heavy atom. The molecule has 19 heavy (non-hydrogen) atoms. The molecule has 1 saturated heterocycles. The van der Waals surface area contributed by atoms with E-state index in [4.69, 9.17) is 4.74 Å². The predicted molar refractivity (Wildman–Crippen MR) is 76.3 cm³/mol. The van der Waals surface area contributed by atoms with Gasteiger partial charge in [-0.15, -0.1) is 0 Å². The van der Waals surface area contributed by atoms with E-state index in [1.807, 2.05) is 24.4 Å². The molecule has 0 aromatic carbocycles. The molecule has 1 aromatic rings. The van der Waals surface area contributed by atoms with Crippen LogP contribution in [0.3, 0.4) is 0 Å². The lowest BCUT2D eigenvalue weighted by molar-refractivity contribution is 0.114. The molecule has 1 fully saturated rings. The van der Waals surface area contributed by atoms with E-state index in [0.717, 1.165) is 50.6 Å². The molecule has 0 radical (unpaired) electrons. The minimum absolute atomic E-state index is 0.328. The Morgan fingerprint density at radius 1 is 1.47 bits per heavy atom. The first-order valence-corrected chi connectivity index (χ1v) is 6.84. The van der Waals surface area contributed by atoms with Crippen LogP contribution in [0.25, 0.3) is 0 Å². The maximum Gasteiger partial charge on any atom is 0.191 e. The molecule has 0 amide bonds. The molecule has 5 nitrogen and oxygen atoms in total. The molecule has 1 aliphatic heterocycles. The number of nitrogens with one attached hydrogen (secondary N) is 2. The Hall–Kier alpha value is -1.62. The number of aliphatic imine (C=N–C) groups is 1. The van der Waals surface area contributed by atoms with Crippen molar-refractivity contribution in [2.75, 3.05) is 26.7 Å². The third-order valence-corrected chi connectivity index (χ3v) is 3.14. The Balaban J connectivity index is 1.65. The van der Waals surface area contributed by atoms with Crippen molar-refractivity contribution >= 4 is 5.96 Å². The first-order chi connectivity index (χ1) is 9.38. The highest BCUT2D eigenvalue weighted by Gasteiger charge is 2.15.